The average molecular weight is 371 g/mol. The van der Waals surface area contributed by atoms with Crippen molar-refractivity contribution in [3.8, 4) is 6.07 Å². The molecule has 0 amide bonds. The third-order valence-electron chi connectivity index (χ3n) is 4.08. The highest BCUT2D eigenvalue weighted by molar-refractivity contribution is 6.31. The number of rotatable bonds is 1. The highest BCUT2D eigenvalue weighted by atomic mass is 35.5. The van der Waals surface area contributed by atoms with Crippen LogP contribution in [0.25, 0.3) is 0 Å². The monoisotopic (exact) mass is 370 g/mol. The molecule has 6 nitrogen and oxygen atoms in total. The molecule has 2 heterocycles. The van der Waals surface area contributed by atoms with Crippen molar-refractivity contribution in [2.45, 2.75) is 39.2 Å². The van der Waals surface area contributed by atoms with Gasteiger partial charge in [-0.1, -0.05) is 29.8 Å². The van der Waals surface area contributed by atoms with E-state index in [1.165, 1.54) is 0 Å². The lowest BCUT2D eigenvalue weighted by Gasteiger charge is -2.26. The summed E-state index contributed by atoms with van der Waals surface area (Å²) in [7, 11) is 0. The van der Waals surface area contributed by atoms with E-state index in [9.17, 15) is 10.1 Å². The minimum Gasteiger partial charge on any atom is -0.442 e. The summed E-state index contributed by atoms with van der Waals surface area (Å²) < 4.78 is 6.50. The summed E-state index contributed by atoms with van der Waals surface area (Å²) in [5, 5.41) is 14.5. The summed E-state index contributed by atoms with van der Waals surface area (Å²) in [6, 6.07) is 9.67. The Morgan fingerprint density at radius 2 is 2.00 bits per heavy atom. The van der Waals surface area contributed by atoms with E-state index in [2.05, 4.69) is 16.2 Å². The van der Waals surface area contributed by atoms with Gasteiger partial charge in [-0.15, -0.1) is 5.10 Å². The number of carbonyl (C=O) groups excluding carboxylic acids is 1. The van der Waals surface area contributed by atoms with E-state index < -0.39 is 17.6 Å². The van der Waals surface area contributed by atoms with Crippen LogP contribution in [0.1, 0.15) is 44.7 Å². The van der Waals surface area contributed by atoms with Crippen molar-refractivity contribution in [3.05, 3.63) is 46.6 Å². The second kappa shape index (κ2) is 6.58. The topological polar surface area (TPSA) is 80.3 Å². The molecule has 2 atom stereocenters. The highest BCUT2D eigenvalue weighted by Crippen LogP contribution is 2.43. The average Bonchev–Trinajstić information content (AvgIpc) is 2.96. The van der Waals surface area contributed by atoms with Gasteiger partial charge in [0, 0.05) is 28.4 Å². The summed E-state index contributed by atoms with van der Waals surface area (Å²) >= 11 is 6.38. The van der Waals surface area contributed by atoms with Gasteiger partial charge in [0.25, 0.3) is 0 Å². The number of aliphatic imine (C=N–C) groups is 1. The summed E-state index contributed by atoms with van der Waals surface area (Å²) in [5.74, 6) is -0.430. The lowest BCUT2D eigenvalue weighted by atomic mass is 9.78. The molecule has 0 fully saturated rings. The van der Waals surface area contributed by atoms with Crippen LogP contribution in [0.4, 0.5) is 10.6 Å². The Balaban J connectivity index is 2.11. The fraction of sp³-hybridized carbons (Fsp3) is 0.368. The van der Waals surface area contributed by atoms with Crippen molar-refractivity contribution >= 4 is 29.2 Å². The SMILES string of the molecule is CC1=Nc2nn(C(=O)OC(C)(C)C)cc2C(c2ccccc2Cl)C1C#N. The zero-order valence-electron chi connectivity index (χ0n) is 15.0. The van der Waals surface area contributed by atoms with Gasteiger partial charge in [0.05, 0.1) is 12.0 Å². The smallest absolute Gasteiger partial charge is 0.435 e. The second-order valence-corrected chi connectivity index (χ2v) is 7.60. The van der Waals surface area contributed by atoms with Gasteiger partial charge in [-0.25, -0.2) is 9.79 Å². The molecular formula is C19H19ClN4O2. The first kappa shape index (κ1) is 18.2. The number of fused-ring (bicyclic) bond motifs is 1. The number of ether oxygens (including phenoxy) is 1. The molecule has 3 rings (SSSR count). The lowest BCUT2D eigenvalue weighted by Crippen LogP contribution is -2.27. The van der Waals surface area contributed by atoms with Gasteiger partial charge >= 0.3 is 6.09 Å². The molecule has 7 heteroatoms. The number of hydrogen-bond donors (Lipinski definition) is 0. The molecule has 0 N–H and O–H groups in total. The number of carbonyl (C=O) groups is 1. The molecule has 2 unspecified atom stereocenters. The van der Waals surface area contributed by atoms with Gasteiger partial charge in [-0.2, -0.15) is 9.94 Å². The molecule has 0 saturated heterocycles. The predicted molar refractivity (Wildman–Crippen MR) is 99.0 cm³/mol. The van der Waals surface area contributed by atoms with Gasteiger partial charge in [-0.3, -0.25) is 0 Å². The number of nitrogens with zero attached hydrogens (tertiary/aromatic N) is 4. The molecule has 2 aromatic rings. The van der Waals surface area contributed by atoms with Crippen molar-refractivity contribution < 1.29 is 9.53 Å². The molecule has 0 bridgehead atoms. The predicted octanol–water partition coefficient (Wildman–Crippen LogP) is 4.70. The minimum absolute atomic E-state index is 0.350. The number of hydrogen-bond acceptors (Lipinski definition) is 5. The van der Waals surface area contributed by atoms with Gasteiger partial charge in [-0.05, 0) is 39.3 Å². The first-order chi connectivity index (χ1) is 12.2. The van der Waals surface area contributed by atoms with E-state index >= 15 is 0 Å². The maximum absolute atomic E-state index is 12.4. The highest BCUT2D eigenvalue weighted by Gasteiger charge is 2.36. The van der Waals surface area contributed by atoms with Crippen LogP contribution < -0.4 is 0 Å². The first-order valence-electron chi connectivity index (χ1n) is 8.23. The van der Waals surface area contributed by atoms with Crippen LogP contribution in [0, 0.1) is 17.2 Å². The van der Waals surface area contributed by atoms with Crippen LogP contribution in [0.5, 0.6) is 0 Å². The molecule has 1 aliphatic rings. The van der Waals surface area contributed by atoms with Crippen LogP contribution in [0.3, 0.4) is 0 Å². The Kier molecular flexibility index (Phi) is 4.59. The van der Waals surface area contributed by atoms with E-state index in [1.807, 2.05) is 18.2 Å². The first-order valence-corrected chi connectivity index (χ1v) is 8.61. The molecule has 0 saturated carbocycles. The molecule has 1 aromatic carbocycles. The van der Waals surface area contributed by atoms with Crippen LogP contribution in [0.15, 0.2) is 35.5 Å². The molecule has 0 spiro atoms. The summed E-state index contributed by atoms with van der Waals surface area (Å²) in [6.07, 6.45) is 0.990. The summed E-state index contributed by atoms with van der Waals surface area (Å²) in [4.78, 5) is 16.8. The van der Waals surface area contributed by atoms with Crippen LogP contribution in [-0.4, -0.2) is 27.2 Å². The van der Waals surface area contributed by atoms with E-state index in [-0.39, 0.29) is 5.92 Å². The van der Waals surface area contributed by atoms with Gasteiger partial charge in [0.1, 0.15) is 5.60 Å². The van der Waals surface area contributed by atoms with Crippen LogP contribution in [-0.2, 0) is 4.74 Å². The molecule has 1 aliphatic heterocycles. The van der Waals surface area contributed by atoms with E-state index in [4.69, 9.17) is 16.3 Å². The Hall–Kier alpha value is -2.65. The number of aromatic nitrogens is 2. The number of benzene rings is 1. The largest absolute Gasteiger partial charge is 0.442 e. The zero-order chi connectivity index (χ0) is 19.1. The Bertz CT molecular complexity index is 934. The van der Waals surface area contributed by atoms with Crippen molar-refractivity contribution in [1.29, 1.82) is 5.26 Å². The summed E-state index contributed by atoms with van der Waals surface area (Å²) in [6.45, 7) is 7.14. The standard InChI is InChI=1S/C19H19ClN4O2/c1-11-13(9-21)16(12-7-5-6-8-15(12)20)14-10-24(23-17(14)22-11)18(25)26-19(2,3)4/h5-8,10,13,16H,1-4H3. The van der Waals surface area contributed by atoms with Crippen molar-refractivity contribution in [1.82, 2.24) is 9.78 Å². The molecule has 1 aromatic heterocycles. The fourth-order valence-corrected chi connectivity index (χ4v) is 3.24. The van der Waals surface area contributed by atoms with Gasteiger partial charge < -0.3 is 4.74 Å². The maximum Gasteiger partial charge on any atom is 0.435 e. The molecule has 0 radical (unpaired) electrons. The molecule has 0 aliphatic carbocycles. The van der Waals surface area contributed by atoms with Gasteiger partial charge in [0.2, 0.25) is 0 Å². The maximum atomic E-state index is 12.4. The normalized spacial score (nSPS) is 19.3. The van der Waals surface area contributed by atoms with Crippen molar-refractivity contribution in [2.75, 3.05) is 0 Å². The van der Waals surface area contributed by atoms with Crippen molar-refractivity contribution in [2.24, 2.45) is 10.9 Å². The van der Waals surface area contributed by atoms with Crippen molar-refractivity contribution in [3.63, 3.8) is 0 Å². The fourth-order valence-electron chi connectivity index (χ4n) is 2.99. The minimum atomic E-state index is -0.639. The second-order valence-electron chi connectivity index (χ2n) is 7.19. The number of halogens is 1. The Labute approximate surface area is 157 Å². The molecular weight excluding hydrogens is 352 g/mol. The molecule has 26 heavy (non-hydrogen) atoms. The van der Waals surface area contributed by atoms with Crippen LogP contribution in [0.2, 0.25) is 5.02 Å². The third kappa shape index (κ3) is 3.35. The summed E-state index contributed by atoms with van der Waals surface area (Å²) in [5.41, 5.74) is 1.49. The molecule has 134 valence electrons. The zero-order valence-corrected chi connectivity index (χ0v) is 15.8. The third-order valence-corrected chi connectivity index (χ3v) is 4.43. The Morgan fingerprint density at radius 3 is 2.62 bits per heavy atom. The quantitative estimate of drug-likeness (QED) is 0.728. The lowest BCUT2D eigenvalue weighted by molar-refractivity contribution is 0.0514. The van der Waals surface area contributed by atoms with E-state index in [0.717, 1.165) is 10.2 Å². The van der Waals surface area contributed by atoms with Crippen LogP contribution >= 0.6 is 11.6 Å². The Morgan fingerprint density at radius 1 is 1.31 bits per heavy atom. The van der Waals surface area contributed by atoms with E-state index in [1.54, 1.807) is 40.0 Å². The van der Waals surface area contributed by atoms with E-state index in [0.29, 0.717) is 22.1 Å². The van der Waals surface area contributed by atoms with Gasteiger partial charge in [0.15, 0.2) is 5.82 Å². The number of nitriles is 1.